The lowest BCUT2D eigenvalue weighted by Crippen LogP contribution is -2.15. The number of carbonyl (C=O) groups is 1. The van der Waals surface area contributed by atoms with E-state index in [4.69, 9.17) is 5.11 Å². The topological polar surface area (TPSA) is 74.7 Å². The highest BCUT2D eigenvalue weighted by atomic mass is 32.2. The second kappa shape index (κ2) is 7.63. The van der Waals surface area contributed by atoms with Gasteiger partial charge in [0.15, 0.2) is 15.6 Å². The van der Waals surface area contributed by atoms with Crippen LogP contribution in [0, 0.1) is 0 Å². The molecule has 1 N–H and O–H groups in total. The van der Waals surface area contributed by atoms with E-state index in [2.05, 4.69) is 6.07 Å². The predicted octanol–water partition coefficient (Wildman–Crippen LogP) is 3.98. The van der Waals surface area contributed by atoms with Crippen molar-refractivity contribution < 1.29 is 18.3 Å². The van der Waals surface area contributed by atoms with E-state index < -0.39 is 21.6 Å². The lowest BCUT2D eigenvalue weighted by atomic mass is 10.0. The number of carboxylic acid groups (broad SMARTS) is 1. The predicted molar refractivity (Wildman–Crippen MR) is 106 cm³/mol. The van der Waals surface area contributed by atoms with Crippen LogP contribution in [-0.2, 0) is 14.6 Å². The molecule has 0 aromatic heterocycles. The quantitative estimate of drug-likeness (QED) is 0.699. The van der Waals surface area contributed by atoms with Gasteiger partial charge in [-0.15, -0.1) is 0 Å². The van der Waals surface area contributed by atoms with Gasteiger partial charge in [-0.25, -0.2) is 8.42 Å². The number of nitrogens with zero attached hydrogens (tertiary/aromatic N) is 1. The minimum atomic E-state index is -3.83. The molecule has 0 spiro atoms. The lowest BCUT2D eigenvalue weighted by Gasteiger charge is -2.20. The number of benzene rings is 3. The molecule has 27 heavy (non-hydrogen) atoms. The normalized spacial score (nSPS) is 11.1. The Morgan fingerprint density at radius 3 is 2.11 bits per heavy atom. The van der Waals surface area contributed by atoms with Gasteiger partial charge in [0, 0.05) is 18.4 Å². The van der Waals surface area contributed by atoms with Crippen LogP contribution in [0.25, 0.3) is 11.1 Å². The Morgan fingerprint density at radius 2 is 1.48 bits per heavy atom. The number of sulfone groups is 1. The highest BCUT2D eigenvalue weighted by Gasteiger charge is 2.19. The minimum Gasteiger partial charge on any atom is -0.480 e. The molecule has 0 saturated heterocycles. The van der Waals surface area contributed by atoms with Crippen LogP contribution < -0.4 is 4.90 Å². The smallest absolute Gasteiger partial charge is 0.319 e. The molecule has 0 heterocycles. The monoisotopic (exact) mass is 381 g/mol. The fraction of sp³-hybridized carbons (Fsp3) is 0.0952. The largest absolute Gasteiger partial charge is 0.480 e. The Balaban J connectivity index is 1.86. The third kappa shape index (κ3) is 4.35. The summed E-state index contributed by atoms with van der Waals surface area (Å²) in [6, 6.07) is 24.3. The number of carboxylic acids is 1. The van der Waals surface area contributed by atoms with Crippen LogP contribution in [0.2, 0.25) is 0 Å². The number of hydrogen-bond acceptors (Lipinski definition) is 4. The summed E-state index contributed by atoms with van der Waals surface area (Å²) in [7, 11) is -1.93. The average Bonchev–Trinajstić information content (AvgIpc) is 2.67. The zero-order valence-corrected chi connectivity index (χ0v) is 15.6. The molecule has 3 aromatic carbocycles. The third-order valence-corrected chi connectivity index (χ3v) is 5.85. The molecule has 0 fully saturated rings. The van der Waals surface area contributed by atoms with Gasteiger partial charge in [-0.05, 0) is 47.5 Å². The van der Waals surface area contributed by atoms with Crippen molar-refractivity contribution in [3.63, 3.8) is 0 Å². The molecule has 138 valence electrons. The Kier molecular flexibility index (Phi) is 5.28. The molecule has 0 atom stereocenters. The molecule has 5 nitrogen and oxygen atoms in total. The van der Waals surface area contributed by atoms with Gasteiger partial charge in [0.2, 0.25) is 0 Å². The summed E-state index contributed by atoms with van der Waals surface area (Å²) in [5.74, 6) is -2.28. The molecule has 0 aliphatic rings. The van der Waals surface area contributed by atoms with Crippen molar-refractivity contribution in [2.75, 3.05) is 17.7 Å². The number of anilines is 2. The summed E-state index contributed by atoms with van der Waals surface area (Å²) in [5, 5.41) is 8.73. The first kappa shape index (κ1) is 18.7. The average molecular weight is 381 g/mol. The van der Waals surface area contributed by atoms with Gasteiger partial charge in [-0.2, -0.15) is 0 Å². The molecule has 0 unspecified atom stereocenters. The van der Waals surface area contributed by atoms with Crippen molar-refractivity contribution in [1.82, 2.24) is 0 Å². The Bertz CT molecular complexity index is 1050. The number of hydrogen-bond donors (Lipinski definition) is 1. The van der Waals surface area contributed by atoms with Crippen molar-refractivity contribution in [3.05, 3.63) is 78.9 Å². The second-order valence-corrected chi connectivity index (χ2v) is 8.11. The first-order valence-electron chi connectivity index (χ1n) is 8.31. The van der Waals surface area contributed by atoms with E-state index in [1.807, 2.05) is 60.5 Å². The van der Waals surface area contributed by atoms with Gasteiger partial charge in [0.25, 0.3) is 0 Å². The summed E-state index contributed by atoms with van der Waals surface area (Å²) in [6.45, 7) is 0. The number of rotatable bonds is 6. The first-order chi connectivity index (χ1) is 12.9. The summed E-state index contributed by atoms with van der Waals surface area (Å²) < 4.78 is 24.0. The maximum Gasteiger partial charge on any atom is 0.319 e. The molecular formula is C21H19NO4S. The Labute approximate surface area is 158 Å². The van der Waals surface area contributed by atoms with Crippen LogP contribution in [0.5, 0.6) is 0 Å². The van der Waals surface area contributed by atoms with Crippen LogP contribution in [-0.4, -0.2) is 32.3 Å². The highest BCUT2D eigenvalue weighted by Crippen LogP contribution is 2.29. The molecule has 0 saturated carbocycles. The molecule has 0 bridgehead atoms. The van der Waals surface area contributed by atoms with E-state index in [-0.39, 0.29) is 4.90 Å². The first-order valence-corrected chi connectivity index (χ1v) is 9.96. The van der Waals surface area contributed by atoms with Gasteiger partial charge < -0.3 is 10.0 Å². The summed E-state index contributed by atoms with van der Waals surface area (Å²) >= 11 is 0. The van der Waals surface area contributed by atoms with Crippen LogP contribution in [0.4, 0.5) is 11.4 Å². The molecule has 0 aliphatic carbocycles. The highest BCUT2D eigenvalue weighted by molar-refractivity contribution is 7.92. The van der Waals surface area contributed by atoms with Crippen molar-refractivity contribution in [2.24, 2.45) is 0 Å². The second-order valence-electron chi connectivity index (χ2n) is 6.12. The number of aliphatic carboxylic acids is 1. The van der Waals surface area contributed by atoms with Gasteiger partial charge in [0.05, 0.1) is 4.90 Å². The molecule has 3 aromatic rings. The van der Waals surface area contributed by atoms with Gasteiger partial charge in [0.1, 0.15) is 0 Å². The van der Waals surface area contributed by atoms with Gasteiger partial charge in [-0.1, -0.05) is 42.5 Å². The molecular weight excluding hydrogens is 362 g/mol. The van der Waals surface area contributed by atoms with E-state index in [1.165, 1.54) is 12.1 Å². The van der Waals surface area contributed by atoms with Crippen LogP contribution >= 0.6 is 0 Å². The summed E-state index contributed by atoms with van der Waals surface area (Å²) in [5.41, 5.74) is 3.95. The maximum atomic E-state index is 12.0. The van der Waals surface area contributed by atoms with Crippen molar-refractivity contribution in [1.29, 1.82) is 0 Å². The molecule has 6 heteroatoms. The van der Waals surface area contributed by atoms with Crippen molar-refractivity contribution in [2.45, 2.75) is 4.90 Å². The Morgan fingerprint density at radius 1 is 0.852 bits per heavy atom. The summed E-state index contributed by atoms with van der Waals surface area (Å²) in [6.07, 6.45) is 0. The molecule has 0 amide bonds. The molecule has 0 radical (unpaired) electrons. The van der Waals surface area contributed by atoms with E-state index in [1.54, 1.807) is 12.1 Å². The molecule has 0 aliphatic heterocycles. The third-order valence-electron chi connectivity index (χ3n) is 4.24. The zero-order chi connectivity index (χ0) is 19.4. The SMILES string of the molecule is CN(c1ccc(S(=O)(=O)CC(=O)O)cc1)c1cccc(-c2ccccc2)c1. The van der Waals surface area contributed by atoms with Gasteiger partial charge in [-0.3, -0.25) is 4.79 Å². The molecule has 3 rings (SSSR count). The van der Waals surface area contributed by atoms with Crippen LogP contribution in [0.1, 0.15) is 0 Å². The summed E-state index contributed by atoms with van der Waals surface area (Å²) in [4.78, 5) is 12.7. The lowest BCUT2D eigenvalue weighted by molar-refractivity contribution is -0.134. The van der Waals surface area contributed by atoms with Gasteiger partial charge >= 0.3 is 5.97 Å². The van der Waals surface area contributed by atoms with E-state index in [0.29, 0.717) is 0 Å². The van der Waals surface area contributed by atoms with E-state index in [9.17, 15) is 13.2 Å². The van der Waals surface area contributed by atoms with Crippen molar-refractivity contribution in [3.8, 4) is 11.1 Å². The maximum absolute atomic E-state index is 12.0. The van der Waals surface area contributed by atoms with Crippen LogP contribution in [0.3, 0.4) is 0 Å². The minimum absolute atomic E-state index is 0.0000799. The van der Waals surface area contributed by atoms with Crippen LogP contribution in [0.15, 0.2) is 83.8 Å². The van der Waals surface area contributed by atoms with Crippen molar-refractivity contribution >= 4 is 27.2 Å². The van der Waals surface area contributed by atoms with E-state index >= 15 is 0 Å². The van der Waals surface area contributed by atoms with E-state index in [0.717, 1.165) is 22.5 Å². The Hall–Kier alpha value is -3.12. The standard InChI is InChI=1S/C21H19NO4S/c1-22(18-10-12-20(13-11-18)27(25,26)15-21(23)24)19-9-5-8-17(14-19)16-6-3-2-4-7-16/h2-14H,15H2,1H3,(H,23,24). The zero-order valence-electron chi connectivity index (χ0n) is 14.7. The fourth-order valence-corrected chi connectivity index (χ4v) is 3.84. The fourth-order valence-electron chi connectivity index (χ4n) is 2.80.